The van der Waals surface area contributed by atoms with Crippen LogP contribution in [0.15, 0.2) is 71.7 Å². The monoisotopic (exact) mass is 331 g/mol. The maximum absolute atomic E-state index is 11.8. The molecule has 124 valence electrons. The molecular formula is C19H17N5O. The van der Waals surface area contributed by atoms with Crippen molar-refractivity contribution in [2.24, 2.45) is 5.73 Å². The molecule has 0 bridgehead atoms. The zero-order valence-electron chi connectivity index (χ0n) is 13.5. The van der Waals surface area contributed by atoms with E-state index in [1.54, 1.807) is 6.07 Å². The molecule has 6 heteroatoms. The van der Waals surface area contributed by atoms with Crippen LogP contribution in [0.3, 0.4) is 0 Å². The van der Waals surface area contributed by atoms with Crippen LogP contribution in [0.5, 0.6) is 0 Å². The minimum Gasteiger partial charge on any atom is -0.329 e. The molecule has 4 aromatic rings. The van der Waals surface area contributed by atoms with Gasteiger partial charge in [-0.25, -0.2) is 9.20 Å². The van der Waals surface area contributed by atoms with E-state index < -0.39 is 0 Å². The summed E-state index contributed by atoms with van der Waals surface area (Å²) in [6, 6.07) is 19.2. The Balaban J connectivity index is 1.77. The van der Waals surface area contributed by atoms with E-state index in [1.165, 1.54) is 10.7 Å². The topological polar surface area (TPSA) is 78.2 Å². The second kappa shape index (κ2) is 6.33. The standard InChI is InChI=1S/C19H17N5O/c20-9-11-24-19(25)8-7-17(21-24)14-4-3-5-15(12-14)18-13-16-6-1-2-10-23(16)22-18/h1-8,10,12-13H,9,11,20H2. The average molecular weight is 331 g/mol. The summed E-state index contributed by atoms with van der Waals surface area (Å²) in [6.07, 6.45) is 1.92. The molecule has 0 saturated heterocycles. The van der Waals surface area contributed by atoms with Crippen LogP contribution >= 0.6 is 0 Å². The van der Waals surface area contributed by atoms with E-state index in [9.17, 15) is 4.79 Å². The van der Waals surface area contributed by atoms with Crippen molar-refractivity contribution in [3.8, 4) is 22.5 Å². The Kier molecular flexibility index (Phi) is 3.87. The molecule has 0 fully saturated rings. The third kappa shape index (κ3) is 2.95. The summed E-state index contributed by atoms with van der Waals surface area (Å²) in [5.74, 6) is 0. The molecule has 2 N–H and O–H groups in total. The number of hydrogen-bond donors (Lipinski definition) is 1. The van der Waals surface area contributed by atoms with Gasteiger partial charge in [0.15, 0.2) is 0 Å². The normalized spacial score (nSPS) is 11.1. The molecule has 0 atom stereocenters. The molecule has 3 aromatic heterocycles. The SMILES string of the molecule is NCCn1nc(-c2cccc(-c3cc4ccccn4n3)c2)ccc1=O. The molecule has 0 spiro atoms. The van der Waals surface area contributed by atoms with E-state index in [1.807, 2.05) is 59.2 Å². The lowest BCUT2D eigenvalue weighted by molar-refractivity contribution is 0.590. The van der Waals surface area contributed by atoms with Crippen LogP contribution < -0.4 is 11.3 Å². The Morgan fingerprint density at radius 1 is 0.880 bits per heavy atom. The van der Waals surface area contributed by atoms with E-state index in [4.69, 9.17) is 5.73 Å². The maximum atomic E-state index is 11.8. The van der Waals surface area contributed by atoms with Crippen molar-refractivity contribution in [1.82, 2.24) is 19.4 Å². The Morgan fingerprint density at radius 2 is 1.72 bits per heavy atom. The van der Waals surface area contributed by atoms with Crippen molar-refractivity contribution < 1.29 is 0 Å². The molecule has 6 nitrogen and oxygen atoms in total. The lowest BCUT2D eigenvalue weighted by Gasteiger charge is -2.07. The van der Waals surface area contributed by atoms with E-state index >= 15 is 0 Å². The molecule has 0 aliphatic carbocycles. The highest BCUT2D eigenvalue weighted by atomic mass is 16.1. The predicted octanol–water partition coefficient (Wildman–Crippen LogP) is 2.18. The summed E-state index contributed by atoms with van der Waals surface area (Å²) < 4.78 is 3.24. The van der Waals surface area contributed by atoms with Crippen molar-refractivity contribution in [2.45, 2.75) is 6.54 Å². The van der Waals surface area contributed by atoms with Gasteiger partial charge >= 0.3 is 0 Å². The molecule has 0 amide bonds. The maximum Gasteiger partial charge on any atom is 0.266 e. The smallest absolute Gasteiger partial charge is 0.266 e. The zero-order valence-corrected chi connectivity index (χ0v) is 13.5. The van der Waals surface area contributed by atoms with Gasteiger partial charge in [-0.3, -0.25) is 4.79 Å². The van der Waals surface area contributed by atoms with Gasteiger partial charge < -0.3 is 5.73 Å². The number of nitrogens with two attached hydrogens (primary N) is 1. The highest BCUT2D eigenvalue weighted by molar-refractivity contribution is 5.71. The highest BCUT2D eigenvalue weighted by Gasteiger charge is 2.08. The molecule has 0 radical (unpaired) electrons. The summed E-state index contributed by atoms with van der Waals surface area (Å²) in [7, 11) is 0. The predicted molar refractivity (Wildman–Crippen MR) is 97.2 cm³/mol. The second-order valence-corrected chi connectivity index (χ2v) is 5.75. The number of aromatic nitrogens is 4. The van der Waals surface area contributed by atoms with E-state index in [0.717, 1.165) is 28.0 Å². The molecule has 1 aromatic carbocycles. The molecule has 0 unspecified atom stereocenters. The Morgan fingerprint density at radius 3 is 2.52 bits per heavy atom. The molecule has 3 heterocycles. The van der Waals surface area contributed by atoms with Gasteiger partial charge in [0, 0.05) is 29.9 Å². The van der Waals surface area contributed by atoms with Crippen LogP contribution in [-0.4, -0.2) is 25.9 Å². The van der Waals surface area contributed by atoms with Gasteiger partial charge in [-0.2, -0.15) is 10.2 Å². The first-order valence-electron chi connectivity index (χ1n) is 8.08. The Hall–Kier alpha value is -3.25. The van der Waals surface area contributed by atoms with Crippen molar-refractivity contribution in [3.63, 3.8) is 0 Å². The van der Waals surface area contributed by atoms with Crippen LogP contribution in [0.25, 0.3) is 28.0 Å². The van der Waals surface area contributed by atoms with E-state index in [-0.39, 0.29) is 5.56 Å². The van der Waals surface area contributed by atoms with Crippen molar-refractivity contribution in [1.29, 1.82) is 0 Å². The Bertz CT molecular complexity index is 1060. The van der Waals surface area contributed by atoms with Crippen LogP contribution in [-0.2, 0) is 6.54 Å². The number of pyridine rings is 1. The molecule has 4 rings (SSSR count). The van der Waals surface area contributed by atoms with Gasteiger partial charge in [-0.1, -0.05) is 24.3 Å². The number of hydrogen-bond acceptors (Lipinski definition) is 4. The third-order valence-corrected chi connectivity index (χ3v) is 4.03. The van der Waals surface area contributed by atoms with Gasteiger partial charge in [0.05, 0.1) is 23.4 Å². The summed E-state index contributed by atoms with van der Waals surface area (Å²) >= 11 is 0. The van der Waals surface area contributed by atoms with Gasteiger partial charge in [0.2, 0.25) is 0 Å². The van der Waals surface area contributed by atoms with Crippen LogP contribution in [0.2, 0.25) is 0 Å². The fraction of sp³-hybridized carbons (Fsp3) is 0.105. The van der Waals surface area contributed by atoms with E-state index in [0.29, 0.717) is 13.1 Å². The summed E-state index contributed by atoms with van der Waals surface area (Å²) in [5, 5.41) is 9.01. The molecule has 0 aliphatic heterocycles. The minimum absolute atomic E-state index is 0.147. The van der Waals surface area contributed by atoms with Gasteiger partial charge in [-0.15, -0.1) is 0 Å². The first-order valence-corrected chi connectivity index (χ1v) is 8.08. The lowest BCUT2D eigenvalue weighted by Crippen LogP contribution is -2.25. The number of benzene rings is 1. The van der Waals surface area contributed by atoms with Crippen molar-refractivity contribution in [3.05, 3.63) is 77.2 Å². The lowest BCUT2D eigenvalue weighted by atomic mass is 10.1. The minimum atomic E-state index is -0.147. The molecule has 0 aliphatic rings. The third-order valence-electron chi connectivity index (χ3n) is 4.03. The quantitative estimate of drug-likeness (QED) is 0.622. The largest absolute Gasteiger partial charge is 0.329 e. The average Bonchev–Trinajstić information content (AvgIpc) is 3.08. The highest BCUT2D eigenvalue weighted by Crippen LogP contribution is 2.25. The second-order valence-electron chi connectivity index (χ2n) is 5.75. The van der Waals surface area contributed by atoms with Gasteiger partial charge in [-0.05, 0) is 30.3 Å². The van der Waals surface area contributed by atoms with Crippen molar-refractivity contribution in [2.75, 3.05) is 6.54 Å². The molecule has 0 saturated carbocycles. The van der Waals surface area contributed by atoms with Crippen molar-refractivity contribution >= 4 is 5.52 Å². The Labute approximate surface area is 144 Å². The molecular weight excluding hydrogens is 314 g/mol. The first kappa shape index (κ1) is 15.3. The number of rotatable bonds is 4. The van der Waals surface area contributed by atoms with Gasteiger partial charge in [0.1, 0.15) is 0 Å². The summed E-state index contributed by atoms with van der Waals surface area (Å²) in [5.41, 5.74) is 9.99. The molecule has 25 heavy (non-hydrogen) atoms. The van der Waals surface area contributed by atoms with Gasteiger partial charge in [0.25, 0.3) is 5.56 Å². The van der Waals surface area contributed by atoms with Crippen LogP contribution in [0.4, 0.5) is 0 Å². The number of fused-ring (bicyclic) bond motifs is 1. The zero-order chi connectivity index (χ0) is 17.2. The fourth-order valence-corrected chi connectivity index (χ4v) is 2.80. The van der Waals surface area contributed by atoms with Crippen LogP contribution in [0.1, 0.15) is 0 Å². The first-order chi connectivity index (χ1) is 12.2. The van der Waals surface area contributed by atoms with E-state index in [2.05, 4.69) is 10.2 Å². The number of nitrogens with zero attached hydrogens (tertiary/aromatic N) is 4. The van der Waals surface area contributed by atoms with Crippen LogP contribution in [0, 0.1) is 0 Å². The fourth-order valence-electron chi connectivity index (χ4n) is 2.80. The summed E-state index contributed by atoms with van der Waals surface area (Å²) in [4.78, 5) is 11.8. The summed E-state index contributed by atoms with van der Waals surface area (Å²) in [6.45, 7) is 0.774.